The highest BCUT2D eigenvalue weighted by atomic mass is 32.1. The molecule has 0 spiro atoms. The van der Waals surface area contributed by atoms with Crippen LogP contribution in [0.5, 0.6) is 0 Å². The molecule has 9 nitrogen and oxygen atoms in total. The Bertz CT molecular complexity index is 1500. The highest BCUT2D eigenvalue weighted by Gasteiger charge is 2.31. The number of likely N-dealkylation sites (tertiary alicyclic amines) is 1. The van der Waals surface area contributed by atoms with Crippen molar-refractivity contribution in [3.05, 3.63) is 47.5 Å². The Kier molecular flexibility index (Phi) is 6.50. The summed E-state index contributed by atoms with van der Waals surface area (Å²) in [6.45, 7) is 0.647. The predicted octanol–water partition coefficient (Wildman–Crippen LogP) is 3.66. The number of fused-ring (bicyclic) bond motifs is 2. The molecule has 1 aliphatic rings. The van der Waals surface area contributed by atoms with E-state index < -0.39 is 23.8 Å². The molecule has 1 fully saturated rings. The molecule has 1 aliphatic heterocycles. The first-order valence-electron chi connectivity index (χ1n) is 11.5. The molecule has 0 aliphatic carbocycles. The third-order valence-electron chi connectivity index (χ3n) is 6.23. The molecule has 1 saturated heterocycles. The van der Waals surface area contributed by atoms with Crippen LogP contribution >= 0.6 is 11.3 Å². The van der Waals surface area contributed by atoms with E-state index >= 15 is 0 Å². The van der Waals surface area contributed by atoms with E-state index in [1.807, 2.05) is 0 Å². The maximum atomic E-state index is 13.0. The number of carbonyl (C=O) groups excluding carboxylic acids is 2. The Balaban J connectivity index is 1.29. The van der Waals surface area contributed by atoms with Crippen molar-refractivity contribution in [2.75, 3.05) is 25.0 Å². The molecule has 3 N–H and O–H groups in total. The number of aromatic nitrogens is 3. The lowest BCUT2D eigenvalue weighted by molar-refractivity contribution is -0.137. The Morgan fingerprint density at radius 2 is 1.97 bits per heavy atom. The molecule has 3 heterocycles. The molecule has 194 valence electrons. The van der Waals surface area contributed by atoms with Gasteiger partial charge in [0, 0.05) is 25.7 Å². The number of hydrogen-bond acceptors (Lipinski definition) is 7. The minimum Gasteiger partial charge on any atom is -0.391 e. The number of halogens is 3. The molecule has 2 aromatic carbocycles. The fourth-order valence-corrected chi connectivity index (χ4v) is 5.15. The SMILES string of the molecule is Cn1c(Nc2nc3ccc(C(F)(F)F)cc3s2)nc2cc(C(=O)NCC(=O)N3CCCC(O)C3)ccc21. The normalized spacial score (nSPS) is 16.4. The van der Waals surface area contributed by atoms with Crippen molar-refractivity contribution in [1.82, 2.24) is 24.8 Å². The number of hydrogen-bond donors (Lipinski definition) is 3. The lowest BCUT2D eigenvalue weighted by Gasteiger charge is -2.30. The number of aliphatic hydroxyl groups is 1. The zero-order valence-electron chi connectivity index (χ0n) is 19.7. The molecular weight excluding hydrogens is 509 g/mol. The number of imidazole rings is 1. The summed E-state index contributed by atoms with van der Waals surface area (Å²) in [4.78, 5) is 35.4. The number of anilines is 2. The van der Waals surface area contributed by atoms with Gasteiger partial charge in [0.15, 0.2) is 5.13 Å². The smallest absolute Gasteiger partial charge is 0.391 e. The number of thiazole rings is 1. The summed E-state index contributed by atoms with van der Waals surface area (Å²) >= 11 is 1.08. The van der Waals surface area contributed by atoms with Crippen LogP contribution in [0.4, 0.5) is 24.3 Å². The van der Waals surface area contributed by atoms with Crippen LogP contribution < -0.4 is 10.6 Å². The number of alkyl halides is 3. The predicted molar refractivity (Wildman–Crippen MR) is 133 cm³/mol. The second-order valence-corrected chi connectivity index (χ2v) is 9.87. The second kappa shape index (κ2) is 9.63. The van der Waals surface area contributed by atoms with Crippen LogP contribution in [0.3, 0.4) is 0 Å². The Morgan fingerprint density at radius 1 is 1.16 bits per heavy atom. The molecule has 0 bridgehead atoms. The first kappa shape index (κ1) is 25.0. The zero-order valence-corrected chi connectivity index (χ0v) is 20.5. The van der Waals surface area contributed by atoms with Crippen molar-refractivity contribution >= 4 is 55.5 Å². The van der Waals surface area contributed by atoms with Crippen molar-refractivity contribution in [2.45, 2.75) is 25.1 Å². The minimum atomic E-state index is -4.43. The summed E-state index contributed by atoms with van der Waals surface area (Å²) in [7, 11) is 1.76. The van der Waals surface area contributed by atoms with Crippen LogP contribution in [-0.2, 0) is 18.0 Å². The summed E-state index contributed by atoms with van der Waals surface area (Å²) in [5.74, 6) is -0.281. The fraction of sp³-hybridized carbons (Fsp3) is 0.333. The number of rotatable bonds is 5. The number of benzene rings is 2. The molecule has 37 heavy (non-hydrogen) atoms. The van der Waals surface area contributed by atoms with Gasteiger partial charge in [-0.3, -0.25) is 9.59 Å². The molecule has 2 amide bonds. The van der Waals surface area contributed by atoms with Gasteiger partial charge in [0.05, 0.1) is 39.5 Å². The van der Waals surface area contributed by atoms with Gasteiger partial charge in [-0.2, -0.15) is 13.2 Å². The standard InChI is InChI=1S/C24H23F3N6O3S/c1-32-18-7-4-13(21(36)28-11-20(35)33-8-2-3-15(34)12-33)9-17(18)29-22(32)31-23-30-16-6-5-14(24(25,26)27)10-19(16)37-23/h4-7,9-10,15,34H,2-3,8,11-12H2,1H3,(H,28,36)(H,29,30,31). The Labute approximate surface area is 212 Å². The average Bonchev–Trinajstić information content (AvgIpc) is 3.41. The number of aryl methyl sites for hydroxylation is 1. The Morgan fingerprint density at radius 3 is 2.73 bits per heavy atom. The Hall–Kier alpha value is -3.71. The molecule has 4 aromatic rings. The highest BCUT2D eigenvalue weighted by molar-refractivity contribution is 7.22. The number of nitrogens with zero attached hydrogens (tertiary/aromatic N) is 4. The van der Waals surface area contributed by atoms with Crippen LogP contribution in [-0.4, -0.2) is 62.1 Å². The van der Waals surface area contributed by atoms with Crippen molar-refractivity contribution < 1.29 is 27.9 Å². The van der Waals surface area contributed by atoms with Crippen LogP contribution in [0.1, 0.15) is 28.8 Å². The van der Waals surface area contributed by atoms with Crippen LogP contribution in [0.2, 0.25) is 0 Å². The number of aliphatic hydroxyl groups excluding tert-OH is 1. The van der Waals surface area contributed by atoms with Crippen molar-refractivity contribution in [3.8, 4) is 0 Å². The molecule has 5 rings (SSSR count). The van der Waals surface area contributed by atoms with E-state index in [1.54, 1.807) is 34.7 Å². The van der Waals surface area contributed by atoms with Gasteiger partial charge >= 0.3 is 6.18 Å². The molecule has 1 unspecified atom stereocenters. The number of nitrogens with one attached hydrogen (secondary N) is 2. The van der Waals surface area contributed by atoms with Crippen LogP contribution in [0.15, 0.2) is 36.4 Å². The fourth-order valence-electron chi connectivity index (χ4n) is 4.25. The monoisotopic (exact) mass is 532 g/mol. The summed E-state index contributed by atoms with van der Waals surface area (Å²) in [5, 5.41) is 15.8. The van der Waals surface area contributed by atoms with Gasteiger partial charge in [0.2, 0.25) is 11.9 Å². The van der Waals surface area contributed by atoms with Gasteiger partial charge in [0.25, 0.3) is 5.91 Å². The van der Waals surface area contributed by atoms with Crippen LogP contribution in [0.25, 0.3) is 21.3 Å². The quantitative estimate of drug-likeness (QED) is 0.362. The number of piperidine rings is 1. The number of β-amino-alcohol motifs (C(OH)–C–C–N with tert-alkyl or cyclic N) is 1. The summed E-state index contributed by atoms with van der Waals surface area (Å²) in [6.07, 6.45) is -3.59. The van der Waals surface area contributed by atoms with Gasteiger partial charge in [0.1, 0.15) is 0 Å². The first-order valence-corrected chi connectivity index (χ1v) is 12.4. The summed E-state index contributed by atoms with van der Waals surface area (Å²) < 4.78 is 41.2. The van der Waals surface area contributed by atoms with Gasteiger partial charge in [-0.15, -0.1) is 0 Å². The molecule has 0 radical (unpaired) electrons. The molecule has 13 heteroatoms. The minimum absolute atomic E-state index is 0.174. The average molecular weight is 533 g/mol. The molecule has 0 saturated carbocycles. The van der Waals surface area contributed by atoms with Crippen molar-refractivity contribution in [1.29, 1.82) is 0 Å². The van der Waals surface area contributed by atoms with Gasteiger partial charge < -0.3 is 25.2 Å². The van der Waals surface area contributed by atoms with E-state index in [2.05, 4.69) is 20.6 Å². The van der Waals surface area contributed by atoms with Crippen molar-refractivity contribution in [2.24, 2.45) is 7.05 Å². The van der Waals surface area contributed by atoms with Crippen molar-refractivity contribution in [3.63, 3.8) is 0 Å². The third-order valence-corrected chi connectivity index (χ3v) is 7.16. The maximum Gasteiger partial charge on any atom is 0.416 e. The molecule has 2 aromatic heterocycles. The first-order chi connectivity index (χ1) is 17.6. The number of amides is 2. The second-order valence-electron chi connectivity index (χ2n) is 8.84. The van der Waals surface area contributed by atoms with E-state index in [4.69, 9.17) is 0 Å². The van der Waals surface area contributed by atoms with E-state index in [-0.39, 0.29) is 19.0 Å². The van der Waals surface area contributed by atoms with E-state index in [0.717, 1.165) is 35.4 Å². The highest BCUT2D eigenvalue weighted by Crippen LogP contribution is 2.35. The van der Waals surface area contributed by atoms with E-state index in [1.165, 1.54) is 6.07 Å². The van der Waals surface area contributed by atoms with E-state index in [9.17, 15) is 27.9 Å². The molecule has 1 atom stereocenters. The summed E-state index contributed by atoms with van der Waals surface area (Å²) in [6, 6.07) is 8.33. The molecular formula is C24H23F3N6O3S. The van der Waals surface area contributed by atoms with Gasteiger partial charge in [-0.1, -0.05) is 11.3 Å². The van der Waals surface area contributed by atoms with Gasteiger partial charge in [-0.25, -0.2) is 9.97 Å². The number of carbonyl (C=O) groups is 2. The third kappa shape index (κ3) is 5.23. The summed E-state index contributed by atoms with van der Waals surface area (Å²) in [5.41, 5.74) is 1.26. The lowest BCUT2D eigenvalue weighted by atomic mass is 10.1. The lowest BCUT2D eigenvalue weighted by Crippen LogP contribution is -2.46. The maximum absolute atomic E-state index is 13.0. The van der Waals surface area contributed by atoms with Crippen LogP contribution in [0, 0.1) is 0 Å². The zero-order chi connectivity index (χ0) is 26.3. The van der Waals surface area contributed by atoms with Gasteiger partial charge in [-0.05, 0) is 49.2 Å². The largest absolute Gasteiger partial charge is 0.416 e. The van der Waals surface area contributed by atoms with E-state index in [0.29, 0.717) is 45.3 Å². The topological polar surface area (TPSA) is 112 Å².